The molecule has 1 amide bonds. The number of hydrogen-bond acceptors (Lipinski definition) is 4. The second kappa shape index (κ2) is 11.7. The van der Waals surface area contributed by atoms with E-state index >= 15 is 8.78 Å². The van der Waals surface area contributed by atoms with E-state index < -0.39 is 35.1 Å². The summed E-state index contributed by atoms with van der Waals surface area (Å²) in [5.41, 5.74) is 4.06. The molecule has 2 aromatic rings. The zero-order valence-electron chi connectivity index (χ0n) is 22.5. The molecule has 0 bridgehead atoms. The van der Waals surface area contributed by atoms with Crippen LogP contribution in [-0.2, 0) is 10.2 Å². The van der Waals surface area contributed by atoms with Gasteiger partial charge in [0.15, 0.2) is 0 Å². The van der Waals surface area contributed by atoms with E-state index in [1.807, 2.05) is 20.8 Å². The van der Waals surface area contributed by atoms with E-state index in [1.54, 1.807) is 6.07 Å². The Labute approximate surface area is 239 Å². The van der Waals surface area contributed by atoms with Gasteiger partial charge in [-0.3, -0.25) is 4.79 Å². The number of nitrogens with one attached hydrogen (secondary N) is 2. The summed E-state index contributed by atoms with van der Waals surface area (Å²) in [5.74, 6) is -2.38. The van der Waals surface area contributed by atoms with Gasteiger partial charge in [0.25, 0.3) is 0 Å². The normalized spacial score (nSPS) is 29.2. The summed E-state index contributed by atoms with van der Waals surface area (Å²) in [7, 11) is 0. The van der Waals surface area contributed by atoms with Gasteiger partial charge in [-0.05, 0) is 73.7 Å². The first-order valence-electron chi connectivity index (χ1n) is 13.5. The molecule has 1 saturated carbocycles. The van der Waals surface area contributed by atoms with Crippen LogP contribution in [0.25, 0.3) is 0 Å². The summed E-state index contributed by atoms with van der Waals surface area (Å²) >= 11 is 12.3. The van der Waals surface area contributed by atoms with E-state index in [1.165, 1.54) is 24.3 Å². The Morgan fingerprint density at radius 3 is 2.46 bits per heavy atom. The topological polar surface area (TPSA) is 90.9 Å². The van der Waals surface area contributed by atoms with E-state index in [0.29, 0.717) is 18.9 Å². The largest absolute Gasteiger partial charge is 0.352 e. The van der Waals surface area contributed by atoms with Crippen molar-refractivity contribution in [1.29, 1.82) is 5.26 Å². The van der Waals surface area contributed by atoms with E-state index in [2.05, 4.69) is 16.7 Å². The fourth-order valence-corrected chi connectivity index (χ4v) is 6.73. The molecule has 1 saturated heterocycles. The monoisotopic (exact) mass is 576 g/mol. The average molecular weight is 578 g/mol. The van der Waals surface area contributed by atoms with Gasteiger partial charge in [0.2, 0.25) is 5.91 Å². The number of nitrogens with two attached hydrogens (primary N) is 1. The Bertz CT molecular complexity index is 1250. The maximum Gasteiger partial charge on any atom is 0.238 e. The number of halogens is 4. The molecule has 4 N–H and O–H groups in total. The highest BCUT2D eigenvalue weighted by molar-refractivity contribution is 6.31. The van der Waals surface area contributed by atoms with Crippen molar-refractivity contribution in [2.24, 2.45) is 17.1 Å². The third-order valence-electron chi connectivity index (χ3n) is 8.26. The Balaban J connectivity index is 1.86. The van der Waals surface area contributed by atoms with Gasteiger partial charge in [0.05, 0.1) is 17.1 Å². The summed E-state index contributed by atoms with van der Waals surface area (Å²) in [4.78, 5) is 14.0. The number of nitriles is 1. The van der Waals surface area contributed by atoms with E-state index in [-0.39, 0.29) is 38.5 Å². The molecule has 1 heterocycles. The minimum atomic E-state index is -1.63. The summed E-state index contributed by atoms with van der Waals surface area (Å²) in [6, 6.07) is 9.30. The Morgan fingerprint density at radius 1 is 1.18 bits per heavy atom. The molecule has 4 atom stereocenters. The molecule has 5 nitrogen and oxygen atoms in total. The summed E-state index contributed by atoms with van der Waals surface area (Å²) in [5, 5.41) is 17.5. The molecule has 9 heteroatoms. The molecular formula is C30H36Cl2F2N4O. The van der Waals surface area contributed by atoms with Crippen LogP contribution in [0.2, 0.25) is 10.0 Å². The Hall–Kier alpha value is -2.24. The number of benzene rings is 2. The molecule has 0 radical (unpaired) electrons. The summed E-state index contributed by atoms with van der Waals surface area (Å²) in [6.45, 7) is 6.64. The average Bonchev–Trinajstić information content (AvgIpc) is 3.19. The van der Waals surface area contributed by atoms with Crippen molar-refractivity contribution in [3.8, 4) is 6.07 Å². The van der Waals surface area contributed by atoms with Gasteiger partial charge in [-0.25, -0.2) is 8.78 Å². The first-order valence-corrected chi connectivity index (χ1v) is 14.2. The molecule has 0 spiro atoms. The molecule has 210 valence electrons. The quantitative estimate of drug-likeness (QED) is 0.380. The molecule has 2 aliphatic rings. The predicted molar refractivity (Wildman–Crippen MR) is 151 cm³/mol. The van der Waals surface area contributed by atoms with Crippen LogP contribution in [0.3, 0.4) is 0 Å². The van der Waals surface area contributed by atoms with Crippen LogP contribution in [0.15, 0.2) is 36.4 Å². The van der Waals surface area contributed by atoms with E-state index in [0.717, 1.165) is 31.7 Å². The van der Waals surface area contributed by atoms with Crippen molar-refractivity contribution < 1.29 is 13.6 Å². The number of carbonyl (C=O) groups excluding carboxylic acids is 1. The van der Waals surface area contributed by atoms with Crippen LogP contribution in [0.5, 0.6) is 0 Å². The number of rotatable bonds is 6. The third-order valence-corrected chi connectivity index (χ3v) is 8.79. The number of carbonyl (C=O) groups is 1. The highest BCUT2D eigenvalue weighted by Gasteiger charge is 2.61. The van der Waals surface area contributed by atoms with Gasteiger partial charge in [0, 0.05) is 28.6 Å². The zero-order chi connectivity index (χ0) is 28.5. The smallest absolute Gasteiger partial charge is 0.238 e. The van der Waals surface area contributed by atoms with Crippen molar-refractivity contribution in [2.45, 2.75) is 82.3 Å². The van der Waals surface area contributed by atoms with Crippen LogP contribution >= 0.6 is 23.2 Å². The first-order chi connectivity index (χ1) is 18.4. The molecule has 0 aromatic heterocycles. The van der Waals surface area contributed by atoms with Crippen LogP contribution < -0.4 is 16.4 Å². The van der Waals surface area contributed by atoms with Crippen LogP contribution in [-0.4, -0.2) is 30.6 Å². The number of nitrogens with zero attached hydrogens (tertiary/aromatic N) is 1. The second-order valence-corrected chi connectivity index (χ2v) is 13.0. The van der Waals surface area contributed by atoms with E-state index in [4.69, 9.17) is 28.9 Å². The number of amides is 1. The molecule has 1 aliphatic heterocycles. The van der Waals surface area contributed by atoms with Crippen molar-refractivity contribution in [3.63, 3.8) is 0 Å². The van der Waals surface area contributed by atoms with Crippen molar-refractivity contribution in [3.05, 3.63) is 69.2 Å². The van der Waals surface area contributed by atoms with Crippen LogP contribution in [0.4, 0.5) is 8.78 Å². The van der Waals surface area contributed by atoms with Gasteiger partial charge in [-0.1, -0.05) is 62.2 Å². The van der Waals surface area contributed by atoms with Crippen LogP contribution in [0, 0.1) is 34.3 Å². The molecule has 4 rings (SSSR count). The standard InChI is InChI=1S/C30H36Cl2F2N4O/c1-29(2,3)14-24-30(16-36,21-12-9-18(31)13-23(21)33)25(20-5-4-6-22(32)26(20)34)27(38-24)28(39)37-19-10-7-17(15-35)8-11-19/h4-6,9,12-13,17,19,24-25,27,38H,7-8,10-11,14-15,35H2,1-3H3,(H,37,39)/t17?,19?,24-,25-,27?,30-/m0/s1. The van der Waals surface area contributed by atoms with Gasteiger partial charge in [-0.2, -0.15) is 5.26 Å². The Morgan fingerprint density at radius 2 is 1.87 bits per heavy atom. The lowest BCUT2D eigenvalue weighted by atomic mass is 9.62. The SMILES string of the molecule is CC(C)(C)C[C@@H]1NC(C(=O)NC2CCC(CN)CC2)[C@H](c2cccc(Cl)c2F)[C@@]1(C#N)c1ccc(Cl)cc1F. The fourth-order valence-electron chi connectivity index (χ4n) is 6.39. The zero-order valence-corrected chi connectivity index (χ0v) is 24.1. The maximum atomic E-state index is 15.7. The van der Waals surface area contributed by atoms with Gasteiger partial charge >= 0.3 is 0 Å². The lowest BCUT2D eigenvalue weighted by Crippen LogP contribution is -2.49. The summed E-state index contributed by atoms with van der Waals surface area (Å²) < 4.78 is 31.4. The fraction of sp³-hybridized carbons (Fsp3) is 0.533. The highest BCUT2D eigenvalue weighted by atomic mass is 35.5. The van der Waals surface area contributed by atoms with E-state index in [9.17, 15) is 10.1 Å². The van der Waals surface area contributed by atoms with Gasteiger partial charge < -0.3 is 16.4 Å². The molecule has 2 aromatic carbocycles. The molecule has 39 heavy (non-hydrogen) atoms. The maximum absolute atomic E-state index is 15.7. The lowest BCUT2D eigenvalue weighted by Gasteiger charge is -2.37. The van der Waals surface area contributed by atoms with Crippen LogP contribution in [0.1, 0.15) is 69.9 Å². The van der Waals surface area contributed by atoms with Crippen molar-refractivity contribution in [2.75, 3.05) is 6.54 Å². The Kier molecular flexibility index (Phi) is 8.92. The molecule has 2 fully saturated rings. The number of hydrogen-bond donors (Lipinski definition) is 3. The van der Waals surface area contributed by atoms with Crippen molar-refractivity contribution >= 4 is 29.1 Å². The minimum absolute atomic E-state index is 0.0580. The third kappa shape index (κ3) is 5.95. The molecule has 1 unspecified atom stereocenters. The summed E-state index contributed by atoms with van der Waals surface area (Å²) in [6.07, 6.45) is 3.83. The van der Waals surface area contributed by atoms with Crippen molar-refractivity contribution in [1.82, 2.24) is 10.6 Å². The van der Waals surface area contributed by atoms with Gasteiger partial charge in [-0.15, -0.1) is 0 Å². The highest BCUT2D eigenvalue weighted by Crippen LogP contribution is 2.52. The first kappa shape index (κ1) is 29.7. The van der Waals surface area contributed by atoms with Gasteiger partial charge in [0.1, 0.15) is 17.0 Å². The predicted octanol–water partition coefficient (Wildman–Crippen LogP) is 6.23. The molecular weight excluding hydrogens is 541 g/mol. The second-order valence-electron chi connectivity index (χ2n) is 12.1. The molecule has 1 aliphatic carbocycles. The lowest BCUT2D eigenvalue weighted by molar-refractivity contribution is -0.124. The minimum Gasteiger partial charge on any atom is -0.352 e.